The van der Waals surface area contributed by atoms with Crippen molar-refractivity contribution in [1.82, 2.24) is 10.2 Å². The number of thiophene rings is 1. The number of carbonyl (C=O) groups excluding carboxylic acids is 1. The quantitative estimate of drug-likeness (QED) is 0.725. The fourth-order valence-electron chi connectivity index (χ4n) is 5.07. The normalized spacial score (nSPS) is 23.6. The monoisotopic (exact) mass is 426 g/mol. The molecular formula is C25H34N2O2S. The molecule has 5 heteroatoms. The van der Waals surface area contributed by atoms with Gasteiger partial charge in [-0.1, -0.05) is 30.3 Å². The second-order valence-electron chi connectivity index (χ2n) is 9.14. The van der Waals surface area contributed by atoms with Crippen LogP contribution in [-0.4, -0.2) is 49.2 Å². The number of hydrogen-bond donors (Lipinski definition) is 1. The third-order valence-electron chi connectivity index (χ3n) is 6.55. The van der Waals surface area contributed by atoms with E-state index >= 15 is 0 Å². The van der Waals surface area contributed by atoms with E-state index in [1.165, 1.54) is 16.0 Å². The number of ether oxygens (including phenoxy) is 1. The highest BCUT2D eigenvalue weighted by Gasteiger charge is 2.44. The Labute approximate surface area is 184 Å². The molecule has 1 N–H and O–H groups in total. The maximum atomic E-state index is 13.6. The van der Waals surface area contributed by atoms with E-state index in [9.17, 15) is 4.79 Å². The highest BCUT2D eigenvalue weighted by atomic mass is 32.1. The van der Waals surface area contributed by atoms with Crippen molar-refractivity contribution in [2.75, 3.05) is 26.3 Å². The summed E-state index contributed by atoms with van der Waals surface area (Å²) in [5.74, 6) is 0.218. The van der Waals surface area contributed by atoms with Crippen LogP contribution in [0.25, 0.3) is 10.4 Å². The summed E-state index contributed by atoms with van der Waals surface area (Å²) < 4.78 is 5.59. The number of carbonyl (C=O) groups is 1. The summed E-state index contributed by atoms with van der Waals surface area (Å²) in [5, 5.41) is 5.39. The summed E-state index contributed by atoms with van der Waals surface area (Å²) in [6.07, 6.45) is 4.97. The summed E-state index contributed by atoms with van der Waals surface area (Å²) in [7, 11) is 0. The van der Waals surface area contributed by atoms with Gasteiger partial charge in [0.25, 0.3) is 0 Å². The molecule has 0 saturated carbocycles. The molecule has 0 unspecified atom stereocenters. The molecular weight excluding hydrogens is 392 g/mol. The number of amides is 1. The summed E-state index contributed by atoms with van der Waals surface area (Å²) in [6.45, 7) is 7.73. The van der Waals surface area contributed by atoms with Crippen LogP contribution in [0.3, 0.4) is 0 Å². The Kier molecular flexibility index (Phi) is 6.91. The number of hydrogen-bond acceptors (Lipinski definition) is 4. The first-order valence-corrected chi connectivity index (χ1v) is 12.2. The van der Waals surface area contributed by atoms with Gasteiger partial charge in [-0.15, -0.1) is 11.3 Å². The molecule has 0 bridgehead atoms. The van der Waals surface area contributed by atoms with Crippen LogP contribution >= 0.6 is 11.3 Å². The molecule has 3 heterocycles. The zero-order valence-corrected chi connectivity index (χ0v) is 19.0. The number of rotatable bonds is 6. The Balaban J connectivity index is 1.64. The van der Waals surface area contributed by atoms with E-state index in [0.717, 1.165) is 58.4 Å². The van der Waals surface area contributed by atoms with Gasteiger partial charge < -0.3 is 10.1 Å². The standard InChI is InChI=1S/C25H34N2O2S/c1-19(2)26-24(28)25(12-6-13-27(18-25)21-10-14-29-15-11-21)17-20-7-3-4-8-22(20)23-9-5-16-30-23/h3-5,7-9,16,19,21H,6,10-15,17-18H2,1-2H3,(H,26,28)/t25-/m0/s1. The fraction of sp³-hybridized carbons (Fsp3) is 0.560. The van der Waals surface area contributed by atoms with E-state index in [1.807, 2.05) is 0 Å². The Hall–Kier alpha value is -1.69. The van der Waals surface area contributed by atoms with Gasteiger partial charge in [-0.3, -0.25) is 9.69 Å². The molecule has 4 rings (SSSR count). The molecule has 2 saturated heterocycles. The lowest BCUT2D eigenvalue weighted by molar-refractivity contribution is -0.136. The minimum atomic E-state index is -0.381. The largest absolute Gasteiger partial charge is 0.381 e. The smallest absolute Gasteiger partial charge is 0.228 e. The average molecular weight is 427 g/mol. The molecule has 162 valence electrons. The minimum absolute atomic E-state index is 0.153. The van der Waals surface area contributed by atoms with Gasteiger partial charge in [0.05, 0.1) is 5.41 Å². The van der Waals surface area contributed by atoms with E-state index in [1.54, 1.807) is 11.3 Å². The lowest BCUT2D eigenvalue weighted by Crippen LogP contribution is -2.57. The summed E-state index contributed by atoms with van der Waals surface area (Å²) in [5.41, 5.74) is 2.17. The summed E-state index contributed by atoms with van der Waals surface area (Å²) in [6, 6.07) is 13.6. The Bertz CT molecular complexity index is 829. The molecule has 2 aliphatic heterocycles. The molecule has 1 amide bonds. The maximum Gasteiger partial charge on any atom is 0.228 e. The fourth-order valence-corrected chi connectivity index (χ4v) is 5.85. The zero-order valence-electron chi connectivity index (χ0n) is 18.2. The SMILES string of the molecule is CC(C)NC(=O)[C@]1(Cc2ccccc2-c2cccs2)CCCN(C2CCOCC2)C1. The van der Waals surface area contributed by atoms with Gasteiger partial charge in [0.2, 0.25) is 5.91 Å². The predicted molar refractivity (Wildman–Crippen MR) is 124 cm³/mol. The van der Waals surface area contributed by atoms with Crippen LogP contribution < -0.4 is 5.32 Å². The van der Waals surface area contributed by atoms with Gasteiger partial charge >= 0.3 is 0 Å². The van der Waals surface area contributed by atoms with Crippen molar-refractivity contribution >= 4 is 17.2 Å². The van der Waals surface area contributed by atoms with Crippen LogP contribution in [-0.2, 0) is 16.0 Å². The molecule has 2 aromatic rings. The summed E-state index contributed by atoms with van der Waals surface area (Å²) in [4.78, 5) is 17.5. The van der Waals surface area contributed by atoms with Crippen LogP contribution in [0.15, 0.2) is 41.8 Å². The number of benzene rings is 1. The maximum absolute atomic E-state index is 13.6. The number of likely N-dealkylation sites (tertiary alicyclic amines) is 1. The van der Waals surface area contributed by atoms with Crippen LogP contribution in [0.5, 0.6) is 0 Å². The molecule has 0 radical (unpaired) electrons. The van der Waals surface area contributed by atoms with Crippen molar-refractivity contribution in [3.05, 3.63) is 47.3 Å². The van der Waals surface area contributed by atoms with Crippen LogP contribution in [0.1, 0.15) is 45.1 Å². The number of nitrogens with zero attached hydrogens (tertiary/aromatic N) is 1. The van der Waals surface area contributed by atoms with E-state index in [2.05, 4.69) is 65.8 Å². The second-order valence-corrected chi connectivity index (χ2v) is 10.1. The molecule has 1 atom stereocenters. The predicted octanol–water partition coefficient (Wildman–Crippen LogP) is 4.74. The van der Waals surface area contributed by atoms with Gasteiger partial charge in [-0.25, -0.2) is 0 Å². The van der Waals surface area contributed by atoms with Crippen molar-refractivity contribution in [2.24, 2.45) is 5.41 Å². The van der Waals surface area contributed by atoms with E-state index in [-0.39, 0.29) is 17.4 Å². The first-order valence-electron chi connectivity index (χ1n) is 11.3. The van der Waals surface area contributed by atoms with E-state index < -0.39 is 0 Å². The second kappa shape index (κ2) is 9.63. The highest BCUT2D eigenvalue weighted by molar-refractivity contribution is 7.13. The Morgan fingerprint density at radius 2 is 2.03 bits per heavy atom. The average Bonchev–Trinajstić information content (AvgIpc) is 3.29. The molecule has 4 nitrogen and oxygen atoms in total. The lowest BCUT2D eigenvalue weighted by atomic mass is 9.72. The van der Waals surface area contributed by atoms with Crippen molar-refractivity contribution in [1.29, 1.82) is 0 Å². The molecule has 1 aromatic carbocycles. The van der Waals surface area contributed by atoms with Crippen molar-refractivity contribution in [3.63, 3.8) is 0 Å². The third-order valence-corrected chi connectivity index (χ3v) is 7.45. The first-order chi connectivity index (χ1) is 14.6. The van der Waals surface area contributed by atoms with Gasteiger partial charge in [0.1, 0.15) is 0 Å². The molecule has 30 heavy (non-hydrogen) atoms. The van der Waals surface area contributed by atoms with Gasteiger partial charge in [0.15, 0.2) is 0 Å². The molecule has 0 spiro atoms. The number of piperidine rings is 1. The first kappa shape index (κ1) is 21.5. The van der Waals surface area contributed by atoms with Crippen LogP contribution in [0.2, 0.25) is 0 Å². The van der Waals surface area contributed by atoms with Crippen LogP contribution in [0, 0.1) is 5.41 Å². The van der Waals surface area contributed by atoms with Crippen molar-refractivity contribution < 1.29 is 9.53 Å². The topological polar surface area (TPSA) is 41.6 Å². The summed E-state index contributed by atoms with van der Waals surface area (Å²) >= 11 is 1.77. The zero-order chi connectivity index (χ0) is 21.0. The van der Waals surface area contributed by atoms with Gasteiger partial charge in [-0.05, 0) is 75.1 Å². The van der Waals surface area contributed by atoms with Gasteiger partial charge in [-0.2, -0.15) is 0 Å². The molecule has 1 aromatic heterocycles. The Morgan fingerprint density at radius 3 is 2.77 bits per heavy atom. The minimum Gasteiger partial charge on any atom is -0.381 e. The van der Waals surface area contributed by atoms with Crippen molar-refractivity contribution in [3.8, 4) is 10.4 Å². The van der Waals surface area contributed by atoms with E-state index in [0.29, 0.717) is 6.04 Å². The molecule has 2 fully saturated rings. The van der Waals surface area contributed by atoms with Crippen LogP contribution in [0.4, 0.5) is 0 Å². The lowest BCUT2D eigenvalue weighted by Gasteiger charge is -2.46. The Morgan fingerprint density at radius 1 is 1.23 bits per heavy atom. The highest BCUT2D eigenvalue weighted by Crippen LogP contribution is 2.39. The molecule has 0 aliphatic carbocycles. The third kappa shape index (κ3) is 4.79. The van der Waals surface area contributed by atoms with Crippen molar-refractivity contribution in [2.45, 2.75) is 58.0 Å². The number of nitrogens with one attached hydrogen (secondary N) is 1. The van der Waals surface area contributed by atoms with Gasteiger partial charge in [0, 0.05) is 36.7 Å². The molecule has 2 aliphatic rings. The van der Waals surface area contributed by atoms with E-state index in [4.69, 9.17) is 4.74 Å².